The Morgan fingerprint density at radius 3 is 3.14 bits per heavy atom. The Balaban J connectivity index is 1.60. The van der Waals surface area contributed by atoms with Crippen LogP contribution >= 0.6 is 0 Å². The molecular weight excluding hydrogens is 302 g/mol. The van der Waals surface area contributed by atoms with Gasteiger partial charge in [-0.2, -0.15) is 0 Å². The van der Waals surface area contributed by atoms with Crippen LogP contribution in [0.2, 0.25) is 0 Å². The first-order chi connectivity index (χ1) is 10.4. The molecule has 6 nitrogen and oxygen atoms in total. The molecule has 0 bridgehead atoms. The van der Waals surface area contributed by atoms with Gasteiger partial charge in [0.2, 0.25) is 10.0 Å². The molecule has 1 spiro atoms. The van der Waals surface area contributed by atoms with Crippen molar-refractivity contribution in [3.8, 4) is 0 Å². The molecule has 122 valence electrons. The SMILES string of the molecule is CS(=O)(=O)N[C@H]1CCO[C@]2(CCN(Cc3cccnc3)C2)C1. The Morgan fingerprint density at radius 1 is 1.55 bits per heavy atom. The van der Waals surface area contributed by atoms with Gasteiger partial charge < -0.3 is 4.74 Å². The van der Waals surface area contributed by atoms with Crippen LogP contribution in [0, 0.1) is 0 Å². The molecule has 2 atom stereocenters. The van der Waals surface area contributed by atoms with Gasteiger partial charge in [0.05, 0.1) is 11.9 Å². The Labute approximate surface area is 131 Å². The summed E-state index contributed by atoms with van der Waals surface area (Å²) in [6.07, 6.45) is 7.34. The summed E-state index contributed by atoms with van der Waals surface area (Å²) in [5.41, 5.74) is 0.990. The summed E-state index contributed by atoms with van der Waals surface area (Å²) in [6, 6.07) is 4.01. The summed E-state index contributed by atoms with van der Waals surface area (Å²) >= 11 is 0. The van der Waals surface area contributed by atoms with E-state index >= 15 is 0 Å². The second-order valence-corrected chi connectivity index (χ2v) is 8.21. The van der Waals surface area contributed by atoms with Crippen LogP contribution in [0.25, 0.3) is 0 Å². The monoisotopic (exact) mass is 325 g/mol. The maximum atomic E-state index is 11.4. The van der Waals surface area contributed by atoms with Gasteiger partial charge in [-0.3, -0.25) is 9.88 Å². The van der Waals surface area contributed by atoms with Crippen LogP contribution in [-0.4, -0.2) is 55.9 Å². The summed E-state index contributed by atoms with van der Waals surface area (Å²) in [4.78, 5) is 6.51. The highest BCUT2D eigenvalue weighted by atomic mass is 32.2. The third kappa shape index (κ3) is 4.04. The van der Waals surface area contributed by atoms with Crippen LogP contribution in [-0.2, 0) is 21.3 Å². The Bertz CT molecular complexity index is 608. The van der Waals surface area contributed by atoms with Gasteiger partial charge in [0.25, 0.3) is 0 Å². The van der Waals surface area contributed by atoms with Gasteiger partial charge in [0, 0.05) is 44.7 Å². The van der Waals surface area contributed by atoms with Crippen LogP contribution in [0.5, 0.6) is 0 Å². The summed E-state index contributed by atoms with van der Waals surface area (Å²) in [5, 5.41) is 0. The van der Waals surface area contributed by atoms with Gasteiger partial charge in [-0.1, -0.05) is 6.07 Å². The predicted molar refractivity (Wildman–Crippen MR) is 83.8 cm³/mol. The van der Waals surface area contributed by atoms with Crippen LogP contribution < -0.4 is 4.72 Å². The first-order valence-corrected chi connectivity index (χ1v) is 9.56. The maximum absolute atomic E-state index is 11.4. The smallest absolute Gasteiger partial charge is 0.208 e. The number of pyridine rings is 1. The van der Waals surface area contributed by atoms with Crippen molar-refractivity contribution in [3.05, 3.63) is 30.1 Å². The lowest BCUT2D eigenvalue weighted by molar-refractivity contribution is -0.0779. The average molecular weight is 325 g/mol. The third-order valence-electron chi connectivity index (χ3n) is 4.40. The van der Waals surface area contributed by atoms with Gasteiger partial charge in [0.1, 0.15) is 0 Å². The molecule has 0 unspecified atom stereocenters. The van der Waals surface area contributed by atoms with Crippen molar-refractivity contribution in [2.24, 2.45) is 0 Å². The lowest BCUT2D eigenvalue weighted by Crippen LogP contribution is -2.49. The Kier molecular flexibility index (Phi) is 4.49. The number of sulfonamides is 1. The van der Waals surface area contributed by atoms with E-state index in [-0.39, 0.29) is 11.6 Å². The normalized spacial score (nSPS) is 30.0. The number of nitrogens with zero attached hydrogens (tertiary/aromatic N) is 2. The van der Waals surface area contributed by atoms with Crippen molar-refractivity contribution in [2.75, 3.05) is 26.0 Å². The molecule has 3 rings (SSSR count). The molecule has 1 N–H and O–H groups in total. The zero-order chi connectivity index (χ0) is 15.6. The van der Waals surface area contributed by atoms with E-state index in [9.17, 15) is 8.42 Å². The minimum absolute atomic E-state index is 0.0120. The zero-order valence-electron chi connectivity index (χ0n) is 12.9. The Morgan fingerprint density at radius 2 is 2.41 bits per heavy atom. The van der Waals surface area contributed by atoms with Crippen molar-refractivity contribution < 1.29 is 13.2 Å². The van der Waals surface area contributed by atoms with E-state index in [2.05, 4.69) is 20.7 Å². The molecule has 0 aliphatic carbocycles. The van der Waals surface area contributed by atoms with Crippen LogP contribution in [0.4, 0.5) is 0 Å². The molecule has 2 fully saturated rings. The summed E-state index contributed by atoms with van der Waals surface area (Å²) in [6.45, 7) is 3.31. The van der Waals surface area contributed by atoms with Gasteiger partial charge in [-0.15, -0.1) is 0 Å². The van der Waals surface area contributed by atoms with Crippen molar-refractivity contribution in [2.45, 2.75) is 37.5 Å². The molecule has 7 heteroatoms. The summed E-state index contributed by atoms with van der Waals surface area (Å²) in [5.74, 6) is 0. The largest absolute Gasteiger partial charge is 0.373 e. The molecule has 22 heavy (non-hydrogen) atoms. The molecule has 2 aliphatic rings. The molecule has 0 aromatic carbocycles. The summed E-state index contributed by atoms with van der Waals surface area (Å²) < 4.78 is 31.7. The molecule has 1 aromatic heterocycles. The third-order valence-corrected chi connectivity index (χ3v) is 5.16. The second-order valence-electron chi connectivity index (χ2n) is 6.43. The van der Waals surface area contributed by atoms with Crippen molar-refractivity contribution in [1.82, 2.24) is 14.6 Å². The van der Waals surface area contributed by atoms with Crippen molar-refractivity contribution in [1.29, 1.82) is 0 Å². The highest BCUT2D eigenvalue weighted by Crippen LogP contribution is 2.35. The number of nitrogens with one attached hydrogen (secondary N) is 1. The minimum atomic E-state index is -3.16. The molecular formula is C15H23N3O3S. The van der Waals surface area contributed by atoms with Gasteiger partial charge in [-0.05, 0) is 30.9 Å². The van der Waals surface area contributed by atoms with E-state index in [1.165, 1.54) is 11.8 Å². The Hall–Kier alpha value is -1.02. The van der Waals surface area contributed by atoms with Crippen molar-refractivity contribution >= 4 is 10.0 Å². The molecule has 1 aromatic rings. The molecule has 0 radical (unpaired) electrons. The van der Waals surface area contributed by atoms with E-state index in [1.54, 1.807) is 6.20 Å². The van der Waals surface area contributed by atoms with Crippen molar-refractivity contribution in [3.63, 3.8) is 0 Å². The lowest BCUT2D eigenvalue weighted by atomic mass is 9.90. The fraction of sp³-hybridized carbons (Fsp3) is 0.667. The number of rotatable bonds is 4. The van der Waals surface area contributed by atoms with E-state index in [4.69, 9.17) is 4.74 Å². The lowest BCUT2D eigenvalue weighted by Gasteiger charge is -2.38. The first kappa shape index (κ1) is 15.9. The van der Waals surface area contributed by atoms with Gasteiger partial charge in [0.15, 0.2) is 0 Å². The molecule has 0 saturated carbocycles. The predicted octanol–water partition coefficient (Wildman–Crippen LogP) is 0.754. The number of hydrogen-bond donors (Lipinski definition) is 1. The quantitative estimate of drug-likeness (QED) is 0.885. The fourth-order valence-corrected chi connectivity index (χ4v) is 4.33. The van der Waals surface area contributed by atoms with E-state index in [0.717, 1.165) is 38.9 Å². The first-order valence-electron chi connectivity index (χ1n) is 7.67. The maximum Gasteiger partial charge on any atom is 0.208 e. The molecule has 2 aliphatic heterocycles. The highest BCUT2D eigenvalue weighted by Gasteiger charge is 2.43. The standard InChI is InChI=1S/C15H23N3O3S/c1-22(19,20)17-14-4-8-21-15(9-14)5-7-18(12-15)11-13-3-2-6-16-10-13/h2-3,6,10,14,17H,4-5,7-9,11-12H2,1H3/t14-,15+/m0/s1. The number of hydrogen-bond acceptors (Lipinski definition) is 5. The number of aromatic nitrogens is 1. The minimum Gasteiger partial charge on any atom is -0.373 e. The van der Waals surface area contributed by atoms with E-state index < -0.39 is 10.0 Å². The highest BCUT2D eigenvalue weighted by molar-refractivity contribution is 7.88. The fourth-order valence-electron chi connectivity index (χ4n) is 3.53. The molecule has 3 heterocycles. The van der Waals surface area contributed by atoms with Crippen LogP contribution in [0.3, 0.4) is 0 Å². The second kappa shape index (κ2) is 6.23. The van der Waals surface area contributed by atoms with E-state index in [1.807, 2.05) is 12.3 Å². The van der Waals surface area contributed by atoms with Gasteiger partial charge in [-0.25, -0.2) is 13.1 Å². The zero-order valence-corrected chi connectivity index (χ0v) is 13.7. The van der Waals surface area contributed by atoms with Crippen LogP contribution in [0.15, 0.2) is 24.5 Å². The number of likely N-dealkylation sites (tertiary alicyclic amines) is 1. The average Bonchev–Trinajstić information content (AvgIpc) is 2.80. The molecule has 2 saturated heterocycles. The van der Waals surface area contributed by atoms with Crippen LogP contribution in [0.1, 0.15) is 24.8 Å². The van der Waals surface area contributed by atoms with Gasteiger partial charge >= 0.3 is 0 Å². The number of ether oxygens (including phenoxy) is 1. The molecule has 0 amide bonds. The topological polar surface area (TPSA) is 71.5 Å². The summed E-state index contributed by atoms with van der Waals surface area (Å²) in [7, 11) is -3.16. The van der Waals surface area contributed by atoms with E-state index in [0.29, 0.717) is 6.61 Å².